The van der Waals surface area contributed by atoms with Crippen LogP contribution in [0.5, 0.6) is 0 Å². The first-order valence-corrected chi connectivity index (χ1v) is 8.77. The molecule has 164 valence electrons. The SMILES string of the molecule is COC(=O)[C@H]1O[C@@H](n2cc(CC=O)nn2)[C@H](OC(C)=O)[C@@H](OC(C)=O)[C@@H]1OC(C)=O. The van der Waals surface area contributed by atoms with Crippen LogP contribution in [0.4, 0.5) is 0 Å². The summed E-state index contributed by atoms with van der Waals surface area (Å²) in [5.74, 6) is -3.29. The molecule has 0 saturated carbocycles. The number of nitrogens with zero attached hydrogens (tertiary/aromatic N) is 3. The van der Waals surface area contributed by atoms with Gasteiger partial charge >= 0.3 is 23.9 Å². The van der Waals surface area contributed by atoms with Gasteiger partial charge in [-0.25, -0.2) is 9.48 Å². The number of rotatable bonds is 7. The average molecular weight is 427 g/mol. The van der Waals surface area contributed by atoms with E-state index in [0.717, 1.165) is 32.6 Å². The lowest BCUT2D eigenvalue weighted by atomic mass is 9.97. The molecule has 13 heteroatoms. The van der Waals surface area contributed by atoms with E-state index in [4.69, 9.17) is 23.7 Å². The molecule has 1 aliphatic heterocycles. The van der Waals surface area contributed by atoms with Gasteiger partial charge in [-0.05, 0) is 0 Å². The van der Waals surface area contributed by atoms with Gasteiger partial charge in [-0.15, -0.1) is 5.10 Å². The average Bonchev–Trinajstić information content (AvgIpc) is 3.11. The van der Waals surface area contributed by atoms with Crippen LogP contribution < -0.4 is 0 Å². The summed E-state index contributed by atoms with van der Waals surface area (Å²) < 4.78 is 27.2. The molecule has 30 heavy (non-hydrogen) atoms. The quantitative estimate of drug-likeness (QED) is 0.293. The highest BCUT2D eigenvalue weighted by molar-refractivity contribution is 5.77. The van der Waals surface area contributed by atoms with Gasteiger partial charge in [-0.1, -0.05) is 5.21 Å². The summed E-state index contributed by atoms with van der Waals surface area (Å²) in [6.45, 7) is 3.27. The third-order valence-corrected chi connectivity index (χ3v) is 3.96. The summed E-state index contributed by atoms with van der Waals surface area (Å²) in [4.78, 5) is 58.1. The first kappa shape index (κ1) is 22.9. The van der Waals surface area contributed by atoms with Gasteiger partial charge in [0, 0.05) is 27.2 Å². The maximum Gasteiger partial charge on any atom is 0.339 e. The normalized spacial score (nSPS) is 25.7. The Balaban J connectivity index is 2.55. The van der Waals surface area contributed by atoms with Crippen molar-refractivity contribution in [1.82, 2.24) is 15.0 Å². The fraction of sp³-hybridized carbons (Fsp3) is 0.588. The number of hydrogen-bond donors (Lipinski definition) is 0. The van der Waals surface area contributed by atoms with Gasteiger partial charge in [-0.3, -0.25) is 14.4 Å². The minimum atomic E-state index is -1.54. The van der Waals surface area contributed by atoms with E-state index in [1.165, 1.54) is 6.20 Å². The lowest BCUT2D eigenvalue weighted by Crippen LogP contribution is -2.61. The zero-order valence-electron chi connectivity index (χ0n) is 16.7. The summed E-state index contributed by atoms with van der Waals surface area (Å²) in [5.41, 5.74) is 0.274. The Kier molecular flexibility index (Phi) is 7.58. The van der Waals surface area contributed by atoms with Gasteiger partial charge in [0.2, 0.25) is 0 Å². The van der Waals surface area contributed by atoms with Crippen LogP contribution in [0.3, 0.4) is 0 Å². The standard InChI is InChI=1S/C17H21N3O10/c1-8(22)27-12-13(28-9(2)23)15(17(25)26-4)30-16(14(12)29-10(3)24)20-7-11(5-6-21)18-19-20/h6-7,12-16H,5H2,1-4H3/t12-,13-,14+,15-,16+/m0/s1. The Hall–Kier alpha value is -3.35. The van der Waals surface area contributed by atoms with Crippen molar-refractivity contribution in [2.45, 2.75) is 57.8 Å². The van der Waals surface area contributed by atoms with Crippen LogP contribution in [0.2, 0.25) is 0 Å². The van der Waals surface area contributed by atoms with Gasteiger partial charge in [0.25, 0.3) is 0 Å². The van der Waals surface area contributed by atoms with Crippen LogP contribution in [-0.4, -0.2) is 76.7 Å². The molecule has 0 N–H and O–H groups in total. The van der Waals surface area contributed by atoms with Crippen molar-refractivity contribution in [3.05, 3.63) is 11.9 Å². The van der Waals surface area contributed by atoms with E-state index < -0.39 is 54.5 Å². The number of aldehydes is 1. The van der Waals surface area contributed by atoms with Crippen LogP contribution in [-0.2, 0) is 54.1 Å². The molecule has 2 heterocycles. The summed E-state index contributed by atoms with van der Waals surface area (Å²) in [5, 5.41) is 7.62. The Bertz CT molecular complexity index is 822. The fourth-order valence-corrected chi connectivity index (χ4v) is 2.93. The molecule has 1 aromatic rings. The number of hydrogen-bond acceptors (Lipinski definition) is 12. The largest absolute Gasteiger partial charge is 0.467 e. The van der Waals surface area contributed by atoms with E-state index in [-0.39, 0.29) is 12.1 Å². The van der Waals surface area contributed by atoms with E-state index in [1.807, 2.05) is 0 Å². The second-order valence-corrected chi connectivity index (χ2v) is 6.25. The molecule has 13 nitrogen and oxygen atoms in total. The third kappa shape index (κ3) is 5.37. The minimum Gasteiger partial charge on any atom is -0.467 e. The second kappa shape index (κ2) is 9.91. The molecule has 0 unspecified atom stereocenters. The summed E-state index contributed by atoms with van der Waals surface area (Å²) in [6, 6.07) is 0. The Morgan fingerprint density at radius 3 is 2.13 bits per heavy atom. The summed E-state index contributed by atoms with van der Waals surface area (Å²) >= 11 is 0. The maximum atomic E-state index is 12.3. The lowest BCUT2D eigenvalue weighted by Gasteiger charge is -2.43. The topological polar surface area (TPSA) is 162 Å². The Labute approximate surface area is 170 Å². The smallest absolute Gasteiger partial charge is 0.339 e. The van der Waals surface area contributed by atoms with Gasteiger partial charge in [0.1, 0.15) is 6.29 Å². The molecule has 1 fully saturated rings. The number of aromatic nitrogens is 3. The second-order valence-electron chi connectivity index (χ2n) is 6.25. The van der Waals surface area contributed by atoms with Crippen molar-refractivity contribution < 1.29 is 47.7 Å². The first-order valence-electron chi connectivity index (χ1n) is 8.77. The fourth-order valence-electron chi connectivity index (χ4n) is 2.93. The van der Waals surface area contributed by atoms with Gasteiger partial charge in [0.15, 0.2) is 30.6 Å². The van der Waals surface area contributed by atoms with E-state index in [1.54, 1.807) is 0 Å². The molecular weight excluding hydrogens is 406 g/mol. The molecule has 0 amide bonds. The van der Waals surface area contributed by atoms with Gasteiger partial charge < -0.3 is 28.5 Å². The maximum absolute atomic E-state index is 12.3. The highest BCUT2D eigenvalue weighted by atomic mass is 16.7. The molecule has 0 bridgehead atoms. The molecular formula is C17H21N3O10. The van der Waals surface area contributed by atoms with Crippen molar-refractivity contribution in [3.63, 3.8) is 0 Å². The minimum absolute atomic E-state index is 0.0468. The molecule has 1 saturated heterocycles. The number of methoxy groups -OCH3 is 1. The number of ether oxygens (including phenoxy) is 5. The van der Waals surface area contributed by atoms with Crippen LogP contribution in [0.15, 0.2) is 6.20 Å². The first-order chi connectivity index (χ1) is 14.2. The van der Waals surface area contributed by atoms with Crippen molar-refractivity contribution in [1.29, 1.82) is 0 Å². The molecule has 1 aliphatic rings. The molecule has 2 rings (SSSR count). The molecule has 5 atom stereocenters. The zero-order chi connectivity index (χ0) is 22.4. The predicted molar refractivity (Wildman–Crippen MR) is 92.4 cm³/mol. The lowest BCUT2D eigenvalue weighted by molar-refractivity contribution is -0.265. The number of esters is 4. The number of carbonyl (C=O) groups excluding carboxylic acids is 5. The molecule has 0 spiro atoms. The summed E-state index contributed by atoms with van der Waals surface area (Å²) in [6.07, 6.45) is -5.25. The monoisotopic (exact) mass is 427 g/mol. The van der Waals surface area contributed by atoms with Crippen LogP contribution in [0, 0.1) is 0 Å². The van der Waals surface area contributed by atoms with Gasteiger partial charge in [-0.2, -0.15) is 0 Å². The van der Waals surface area contributed by atoms with Crippen molar-refractivity contribution in [2.75, 3.05) is 7.11 Å². The Morgan fingerprint density at radius 1 is 1.03 bits per heavy atom. The van der Waals surface area contributed by atoms with Crippen LogP contribution in [0.1, 0.15) is 32.7 Å². The van der Waals surface area contributed by atoms with Gasteiger partial charge in [0.05, 0.1) is 19.0 Å². The van der Waals surface area contributed by atoms with E-state index in [0.29, 0.717) is 6.29 Å². The molecule has 1 aromatic heterocycles. The van der Waals surface area contributed by atoms with E-state index >= 15 is 0 Å². The zero-order valence-corrected chi connectivity index (χ0v) is 16.7. The van der Waals surface area contributed by atoms with Crippen molar-refractivity contribution >= 4 is 30.2 Å². The molecule has 0 radical (unpaired) electrons. The third-order valence-electron chi connectivity index (χ3n) is 3.96. The van der Waals surface area contributed by atoms with Crippen LogP contribution in [0.25, 0.3) is 0 Å². The van der Waals surface area contributed by atoms with E-state index in [2.05, 4.69) is 10.3 Å². The highest BCUT2D eigenvalue weighted by Gasteiger charge is 2.55. The molecule has 0 aliphatic carbocycles. The number of carbonyl (C=O) groups is 5. The van der Waals surface area contributed by atoms with E-state index in [9.17, 15) is 24.0 Å². The summed E-state index contributed by atoms with van der Waals surface area (Å²) in [7, 11) is 1.09. The van der Waals surface area contributed by atoms with Crippen LogP contribution >= 0.6 is 0 Å². The van der Waals surface area contributed by atoms with Crippen molar-refractivity contribution in [3.8, 4) is 0 Å². The highest BCUT2D eigenvalue weighted by Crippen LogP contribution is 2.34. The predicted octanol–water partition coefficient (Wildman–Crippen LogP) is -1.11. The van der Waals surface area contributed by atoms with Crippen molar-refractivity contribution in [2.24, 2.45) is 0 Å². The molecule has 0 aromatic carbocycles. The Morgan fingerprint density at radius 2 is 1.60 bits per heavy atom.